The van der Waals surface area contributed by atoms with Crippen molar-refractivity contribution in [1.82, 2.24) is 14.7 Å². The summed E-state index contributed by atoms with van der Waals surface area (Å²) >= 11 is 0. The molecule has 2 aromatic rings. The first-order valence-corrected chi connectivity index (χ1v) is 11.7. The molecule has 0 spiro atoms. The molecule has 2 fully saturated rings. The second kappa shape index (κ2) is 10.8. The van der Waals surface area contributed by atoms with Crippen LogP contribution in [-0.4, -0.2) is 65.8 Å². The minimum Gasteiger partial charge on any atom is -0.459 e. The lowest BCUT2D eigenvalue weighted by molar-refractivity contribution is -0.137. The number of piperazine rings is 1. The van der Waals surface area contributed by atoms with Crippen LogP contribution >= 0.6 is 0 Å². The van der Waals surface area contributed by atoms with Crippen LogP contribution in [0.2, 0.25) is 0 Å². The highest BCUT2D eigenvalue weighted by Crippen LogP contribution is 2.26. The summed E-state index contributed by atoms with van der Waals surface area (Å²) < 4.78 is 18.6. The van der Waals surface area contributed by atoms with Gasteiger partial charge in [-0.1, -0.05) is 31.4 Å². The zero-order valence-electron chi connectivity index (χ0n) is 18.5. The van der Waals surface area contributed by atoms with Gasteiger partial charge in [-0.2, -0.15) is 0 Å². The van der Waals surface area contributed by atoms with Crippen molar-refractivity contribution >= 4 is 11.8 Å². The van der Waals surface area contributed by atoms with Crippen LogP contribution in [-0.2, 0) is 11.3 Å². The Labute approximate surface area is 189 Å². The van der Waals surface area contributed by atoms with Crippen LogP contribution < -0.4 is 0 Å². The molecule has 7 heteroatoms. The normalized spacial score (nSPS) is 18.0. The van der Waals surface area contributed by atoms with Crippen molar-refractivity contribution < 1.29 is 18.4 Å². The summed E-state index contributed by atoms with van der Waals surface area (Å²) in [4.78, 5) is 31.8. The van der Waals surface area contributed by atoms with Crippen molar-refractivity contribution in [3.63, 3.8) is 0 Å². The van der Waals surface area contributed by atoms with E-state index < -0.39 is 0 Å². The van der Waals surface area contributed by atoms with Gasteiger partial charge in [0, 0.05) is 51.7 Å². The summed E-state index contributed by atoms with van der Waals surface area (Å²) in [5.74, 6) is 0.371. The van der Waals surface area contributed by atoms with E-state index in [9.17, 15) is 14.0 Å². The van der Waals surface area contributed by atoms with Crippen molar-refractivity contribution in [3.05, 3.63) is 59.8 Å². The number of carbonyl (C=O) groups excluding carboxylic acids is 2. The van der Waals surface area contributed by atoms with Gasteiger partial charge in [-0.25, -0.2) is 4.39 Å². The molecule has 1 aliphatic carbocycles. The summed E-state index contributed by atoms with van der Waals surface area (Å²) in [6.45, 7) is 4.75. The summed E-state index contributed by atoms with van der Waals surface area (Å²) in [5, 5.41) is 0. The Morgan fingerprint density at radius 1 is 1.00 bits per heavy atom. The minimum absolute atomic E-state index is 0.0694. The molecular weight excluding hydrogens is 409 g/mol. The van der Waals surface area contributed by atoms with Gasteiger partial charge in [0.05, 0.1) is 6.26 Å². The maximum atomic E-state index is 13.3. The quantitative estimate of drug-likeness (QED) is 0.656. The molecule has 1 aromatic heterocycles. The van der Waals surface area contributed by atoms with E-state index in [4.69, 9.17) is 4.42 Å². The van der Waals surface area contributed by atoms with Gasteiger partial charge in [0.2, 0.25) is 5.91 Å². The zero-order chi connectivity index (χ0) is 22.3. The van der Waals surface area contributed by atoms with Crippen molar-refractivity contribution in [3.8, 4) is 0 Å². The molecule has 2 heterocycles. The van der Waals surface area contributed by atoms with Gasteiger partial charge in [0.25, 0.3) is 5.91 Å². The molecule has 4 rings (SSSR count). The van der Waals surface area contributed by atoms with Gasteiger partial charge in [0.15, 0.2) is 5.76 Å². The number of hydrogen-bond acceptors (Lipinski definition) is 4. The van der Waals surface area contributed by atoms with Crippen LogP contribution in [0.4, 0.5) is 4.39 Å². The van der Waals surface area contributed by atoms with Gasteiger partial charge < -0.3 is 14.2 Å². The van der Waals surface area contributed by atoms with Gasteiger partial charge >= 0.3 is 0 Å². The molecule has 32 heavy (non-hydrogen) atoms. The third-order valence-electron chi connectivity index (χ3n) is 6.63. The first-order chi connectivity index (χ1) is 15.6. The predicted molar refractivity (Wildman–Crippen MR) is 119 cm³/mol. The Morgan fingerprint density at radius 2 is 1.72 bits per heavy atom. The number of rotatable bonds is 7. The Bertz CT molecular complexity index is 870. The Kier molecular flexibility index (Phi) is 7.58. The molecule has 172 valence electrons. The third kappa shape index (κ3) is 5.76. The van der Waals surface area contributed by atoms with Crippen molar-refractivity contribution in [1.29, 1.82) is 0 Å². The van der Waals surface area contributed by atoms with Crippen LogP contribution in [0.3, 0.4) is 0 Å². The Balaban J connectivity index is 1.33. The summed E-state index contributed by atoms with van der Waals surface area (Å²) in [6.07, 6.45) is 6.89. The van der Waals surface area contributed by atoms with Crippen LogP contribution in [0.1, 0.15) is 48.2 Å². The van der Waals surface area contributed by atoms with E-state index in [1.165, 1.54) is 24.8 Å². The molecule has 1 saturated carbocycles. The van der Waals surface area contributed by atoms with Gasteiger partial charge in [-0.15, -0.1) is 0 Å². The van der Waals surface area contributed by atoms with Crippen molar-refractivity contribution in [2.75, 3.05) is 39.3 Å². The monoisotopic (exact) mass is 441 g/mol. The first kappa shape index (κ1) is 22.5. The van der Waals surface area contributed by atoms with Crippen LogP contribution in [0.25, 0.3) is 0 Å². The molecule has 0 bridgehead atoms. The van der Waals surface area contributed by atoms with E-state index in [0.717, 1.165) is 50.9 Å². The fourth-order valence-electron chi connectivity index (χ4n) is 4.68. The van der Waals surface area contributed by atoms with E-state index in [1.807, 2.05) is 9.80 Å². The van der Waals surface area contributed by atoms with Gasteiger partial charge in [0.1, 0.15) is 5.82 Å². The largest absolute Gasteiger partial charge is 0.459 e. The molecular formula is C25H32FN3O3. The lowest BCUT2D eigenvalue weighted by atomic mass is 9.88. The molecule has 2 amide bonds. The average Bonchev–Trinajstić information content (AvgIpc) is 3.38. The fraction of sp³-hybridized carbons (Fsp3) is 0.520. The zero-order valence-corrected chi connectivity index (χ0v) is 18.5. The van der Waals surface area contributed by atoms with Crippen molar-refractivity contribution in [2.45, 2.75) is 38.6 Å². The molecule has 0 N–H and O–H groups in total. The number of furan rings is 1. The summed E-state index contributed by atoms with van der Waals surface area (Å²) in [5.41, 5.74) is 0.949. The summed E-state index contributed by atoms with van der Waals surface area (Å²) in [7, 11) is 0. The van der Waals surface area contributed by atoms with E-state index in [2.05, 4.69) is 4.90 Å². The first-order valence-electron chi connectivity index (χ1n) is 11.7. The second-order valence-corrected chi connectivity index (χ2v) is 8.83. The molecule has 0 unspecified atom stereocenters. The van der Waals surface area contributed by atoms with Gasteiger partial charge in [-0.05, 0) is 42.7 Å². The number of carbonyl (C=O) groups is 2. The third-order valence-corrected chi connectivity index (χ3v) is 6.63. The lowest BCUT2D eigenvalue weighted by Crippen LogP contribution is -2.51. The van der Waals surface area contributed by atoms with Crippen LogP contribution in [0.5, 0.6) is 0 Å². The fourth-order valence-corrected chi connectivity index (χ4v) is 4.68. The molecule has 1 aliphatic heterocycles. The maximum absolute atomic E-state index is 13.3. The molecule has 1 saturated heterocycles. The topological polar surface area (TPSA) is 57.0 Å². The lowest BCUT2D eigenvalue weighted by Gasteiger charge is -2.36. The number of hydrogen-bond donors (Lipinski definition) is 0. The molecule has 6 nitrogen and oxygen atoms in total. The highest BCUT2D eigenvalue weighted by atomic mass is 19.1. The van der Waals surface area contributed by atoms with E-state index in [-0.39, 0.29) is 23.5 Å². The number of nitrogens with zero attached hydrogens (tertiary/aromatic N) is 3. The Hall–Kier alpha value is -2.67. The van der Waals surface area contributed by atoms with E-state index in [0.29, 0.717) is 31.9 Å². The maximum Gasteiger partial charge on any atom is 0.289 e. The molecule has 1 aromatic carbocycles. The van der Waals surface area contributed by atoms with E-state index in [1.54, 1.807) is 24.3 Å². The molecule has 0 radical (unpaired) electrons. The van der Waals surface area contributed by atoms with Gasteiger partial charge in [-0.3, -0.25) is 14.5 Å². The molecule has 0 atom stereocenters. The van der Waals surface area contributed by atoms with E-state index >= 15 is 0 Å². The number of benzene rings is 1. The average molecular weight is 442 g/mol. The highest BCUT2D eigenvalue weighted by molar-refractivity contribution is 5.91. The minimum atomic E-state index is -0.263. The SMILES string of the molecule is O=C(c1ccco1)N1CCN(CCN(Cc2ccc(F)cc2)C(=O)C2CCCCC2)CC1. The van der Waals surface area contributed by atoms with Crippen LogP contribution in [0, 0.1) is 11.7 Å². The summed E-state index contributed by atoms with van der Waals surface area (Å²) in [6, 6.07) is 9.84. The second-order valence-electron chi connectivity index (χ2n) is 8.83. The molecule has 2 aliphatic rings. The standard InChI is InChI=1S/C25H32FN3O3/c26-22-10-8-20(9-11-22)19-29(24(30)21-5-2-1-3-6-21)17-14-27-12-15-28(16-13-27)25(31)23-7-4-18-32-23/h4,7-11,18,21H,1-3,5-6,12-17,19H2. The number of amides is 2. The Morgan fingerprint density at radius 3 is 2.38 bits per heavy atom. The number of halogens is 1. The highest BCUT2D eigenvalue weighted by Gasteiger charge is 2.28. The van der Waals surface area contributed by atoms with Crippen LogP contribution in [0.15, 0.2) is 47.1 Å². The predicted octanol–water partition coefficient (Wildman–Crippen LogP) is 3.79. The van der Waals surface area contributed by atoms with Crippen molar-refractivity contribution in [2.24, 2.45) is 5.92 Å². The smallest absolute Gasteiger partial charge is 0.289 e.